The topological polar surface area (TPSA) is 67.1 Å². The zero-order valence-electron chi connectivity index (χ0n) is 12.5. The lowest BCUT2D eigenvalue weighted by Gasteiger charge is -2.32. The molecule has 0 aliphatic carbocycles. The van der Waals surface area contributed by atoms with Crippen molar-refractivity contribution in [3.8, 4) is 0 Å². The molecular weight excluding hydrogens is 262 g/mol. The first-order valence-corrected chi connectivity index (χ1v) is 7.77. The van der Waals surface area contributed by atoms with E-state index in [1.807, 2.05) is 24.3 Å². The number of hydrogen-bond acceptors (Lipinski definition) is 5. The summed E-state index contributed by atoms with van der Waals surface area (Å²) in [5.74, 6) is 1.22. The van der Waals surface area contributed by atoms with Gasteiger partial charge in [0.1, 0.15) is 0 Å². The molecule has 5 nitrogen and oxygen atoms in total. The Hall–Kier alpha value is -1.88. The van der Waals surface area contributed by atoms with Crippen LogP contribution in [0.2, 0.25) is 0 Å². The van der Waals surface area contributed by atoms with Gasteiger partial charge in [-0.1, -0.05) is 19.1 Å². The van der Waals surface area contributed by atoms with Crippen LogP contribution < -0.4 is 11.1 Å². The highest BCUT2D eigenvalue weighted by Gasteiger charge is 2.19. The first-order valence-electron chi connectivity index (χ1n) is 7.77. The fourth-order valence-electron chi connectivity index (χ4n) is 2.93. The van der Waals surface area contributed by atoms with Gasteiger partial charge in [0.25, 0.3) is 0 Å². The number of anilines is 2. The number of rotatable bonds is 4. The van der Waals surface area contributed by atoms with Gasteiger partial charge < -0.3 is 16.0 Å². The summed E-state index contributed by atoms with van der Waals surface area (Å²) in [6.07, 6.45) is 3.49. The van der Waals surface area contributed by atoms with Gasteiger partial charge >= 0.3 is 0 Å². The second kappa shape index (κ2) is 6.26. The number of nitrogens with two attached hydrogens (primary N) is 1. The predicted octanol–water partition coefficient (Wildman–Crippen LogP) is 2.50. The first-order chi connectivity index (χ1) is 10.3. The number of para-hydroxylation sites is 2. The molecule has 5 heteroatoms. The average molecular weight is 285 g/mol. The van der Waals surface area contributed by atoms with Gasteiger partial charge in [-0.25, -0.2) is 9.97 Å². The second-order valence-electron chi connectivity index (χ2n) is 5.71. The molecule has 2 heterocycles. The highest BCUT2D eigenvalue weighted by molar-refractivity contribution is 5.79. The van der Waals surface area contributed by atoms with Crippen LogP contribution in [-0.2, 0) is 0 Å². The zero-order chi connectivity index (χ0) is 14.7. The molecule has 0 saturated carbocycles. The van der Waals surface area contributed by atoms with Crippen LogP contribution in [0.25, 0.3) is 11.0 Å². The maximum atomic E-state index is 6.03. The number of nitrogen functional groups attached to an aromatic ring is 1. The highest BCUT2D eigenvalue weighted by Crippen LogP contribution is 2.22. The Kier molecular flexibility index (Phi) is 4.20. The van der Waals surface area contributed by atoms with E-state index in [2.05, 4.69) is 27.1 Å². The van der Waals surface area contributed by atoms with Crippen molar-refractivity contribution in [3.05, 3.63) is 24.3 Å². The Labute approximate surface area is 125 Å². The van der Waals surface area contributed by atoms with Crippen molar-refractivity contribution in [1.29, 1.82) is 0 Å². The molecule has 0 radical (unpaired) electrons. The number of nitrogens with zero attached hydrogens (tertiary/aromatic N) is 3. The number of nitrogens with one attached hydrogen (secondary N) is 1. The van der Waals surface area contributed by atoms with E-state index in [0.717, 1.165) is 42.8 Å². The van der Waals surface area contributed by atoms with Gasteiger partial charge in [0, 0.05) is 19.1 Å². The molecule has 1 aliphatic rings. The fraction of sp³-hybridized carbons (Fsp3) is 0.500. The minimum Gasteiger partial charge on any atom is -0.381 e. The van der Waals surface area contributed by atoms with Crippen molar-refractivity contribution in [3.63, 3.8) is 0 Å². The van der Waals surface area contributed by atoms with Gasteiger partial charge in [-0.15, -0.1) is 0 Å². The lowest BCUT2D eigenvalue weighted by atomic mass is 10.0. The first kappa shape index (κ1) is 14.1. The second-order valence-corrected chi connectivity index (χ2v) is 5.71. The number of benzene rings is 1. The molecule has 1 fully saturated rings. The quantitative estimate of drug-likeness (QED) is 0.903. The number of aromatic nitrogens is 2. The Bertz CT molecular complexity index is 605. The molecule has 112 valence electrons. The van der Waals surface area contributed by atoms with Crippen LogP contribution in [0.15, 0.2) is 24.3 Å². The molecule has 1 saturated heterocycles. The Morgan fingerprint density at radius 2 is 1.86 bits per heavy atom. The van der Waals surface area contributed by atoms with E-state index in [1.165, 1.54) is 13.0 Å². The van der Waals surface area contributed by atoms with Crippen molar-refractivity contribution in [2.75, 3.05) is 30.7 Å². The van der Waals surface area contributed by atoms with Crippen molar-refractivity contribution >= 4 is 22.7 Å². The van der Waals surface area contributed by atoms with Crippen LogP contribution in [0.3, 0.4) is 0 Å². The minimum absolute atomic E-state index is 0.441. The van der Waals surface area contributed by atoms with Gasteiger partial charge in [0.15, 0.2) is 11.6 Å². The summed E-state index contributed by atoms with van der Waals surface area (Å²) in [4.78, 5) is 11.6. The molecule has 21 heavy (non-hydrogen) atoms. The van der Waals surface area contributed by atoms with E-state index in [0.29, 0.717) is 11.9 Å². The smallest absolute Gasteiger partial charge is 0.169 e. The molecule has 0 bridgehead atoms. The van der Waals surface area contributed by atoms with Crippen molar-refractivity contribution in [2.45, 2.75) is 32.2 Å². The van der Waals surface area contributed by atoms with Crippen LogP contribution in [-0.4, -0.2) is 40.5 Å². The lowest BCUT2D eigenvalue weighted by Crippen LogP contribution is -2.39. The van der Waals surface area contributed by atoms with E-state index >= 15 is 0 Å². The van der Waals surface area contributed by atoms with Crippen molar-refractivity contribution < 1.29 is 0 Å². The molecule has 1 aliphatic heterocycles. The summed E-state index contributed by atoms with van der Waals surface area (Å²) < 4.78 is 0. The van der Waals surface area contributed by atoms with Crippen LogP contribution >= 0.6 is 0 Å². The summed E-state index contributed by atoms with van der Waals surface area (Å²) in [7, 11) is 0. The predicted molar refractivity (Wildman–Crippen MR) is 87.3 cm³/mol. The monoisotopic (exact) mass is 285 g/mol. The number of likely N-dealkylation sites (tertiary alicyclic amines) is 1. The summed E-state index contributed by atoms with van der Waals surface area (Å²) in [6, 6.07) is 8.27. The molecule has 0 amide bonds. The van der Waals surface area contributed by atoms with Gasteiger partial charge in [-0.2, -0.15) is 0 Å². The fourth-order valence-corrected chi connectivity index (χ4v) is 2.93. The average Bonchev–Trinajstić information content (AvgIpc) is 2.50. The Balaban J connectivity index is 1.69. The van der Waals surface area contributed by atoms with E-state index < -0.39 is 0 Å². The van der Waals surface area contributed by atoms with Crippen LogP contribution in [0.5, 0.6) is 0 Å². The van der Waals surface area contributed by atoms with Crippen LogP contribution in [0.4, 0.5) is 11.6 Å². The maximum Gasteiger partial charge on any atom is 0.169 e. The van der Waals surface area contributed by atoms with Gasteiger partial charge in [0.05, 0.1) is 11.0 Å². The third kappa shape index (κ3) is 3.24. The highest BCUT2D eigenvalue weighted by atomic mass is 15.2. The maximum absolute atomic E-state index is 6.03. The normalized spacial score (nSPS) is 17.2. The van der Waals surface area contributed by atoms with E-state index in [4.69, 9.17) is 5.73 Å². The van der Waals surface area contributed by atoms with Gasteiger partial charge in [-0.3, -0.25) is 0 Å². The summed E-state index contributed by atoms with van der Waals surface area (Å²) >= 11 is 0. The zero-order valence-corrected chi connectivity index (χ0v) is 12.5. The number of hydrogen-bond donors (Lipinski definition) is 2. The van der Waals surface area contributed by atoms with Crippen LogP contribution in [0.1, 0.15) is 26.2 Å². The minimum atomic E-state index is 0.441. The van der Waals surface area contributed by atoms with E-state index in [-0.39, 0.29) is 0 Å². The van der Waals surface area contributed by atoms with Crippen molar-refractivity contribution in [2.24, 2.45) is 0 Å². The molecule has 0 spiro atoms. The standard InChI is InChI=1S/C16H23N5/c1-2-9-21-10-7-12(8-11-21)18-16-15(17)19-13-5-3-4-6-14(13)20-16/h3-6,12H,2,7-11H2,1H3,(H2,17,19)(H,18,20). The molecule has 1 aromatic heterocycles. The summed E-state index contributed by atoms with van der Waals surface area (Å²) in [5.41, 5.74) is 7.76. The Morgan fingerprint density at radius 1 is 1.19 bits per heavy atom. The summed E-state index contributed by atoms with van der Waals surface area (Å²) in [5, 5.41) is 3.48. The number of piperidine rings is 1. The molecule has 2 aromatic rings. The molecule has 1 aromatic carbocycles. The number of fused-ring (bicyclic) bond motifs is 1. The van der Waals surface area contributed by atoms with E-state index in [9.17, 15) is 0 Å². The molecule has 0 unspecified atom stereocenters. The van der Waals surface area contributed by atoms with Crippen LogP contribution in [0, 0.1) is 0 Å². The molecule has 3 N–H and O–H groups in total. The van der Waals surface area contributed by atoms with Gasteiger partial charge in [-0.05, 0) is 37.9 Å². The van der Waals surface area contributed by atoms with Crippen molar-refractivity contribution in [1.82, 2.24) is 14.9 Å². The third-order valence-corrected chi connectivity index (χ3v) is 4.07. The summed E-state index contributed by atoms with van der Waals surface area (Å²) in [6.45, 7) is 5.72. The SMILES string of the molecule is CCCN1CCC(Nc2nc3ccccc3nc2N)CC1. The van der Waals surface area contributed by atoms with E-state index in [1.54, 1.807) is 0 Å². The third-order valence-electron chi connectivity index (χ3n) is 4.07. The molecule has 3 rings (SSSR count). The molecule has 0 atom stereocenters. The van der Waals surface area contributed by atoms with Gasteiger partial charge in [0.2, 0.25) is 0 Å². The largest absolute Gasteiger partial charge is 0.381 e. The molecular formula is C16H23N5. The lowest BCUT2D eigenvalue weighted by molar-refractivity contribution is 0.219. The Morgan fingerprint density at radius 3 is 2.52 bits per heavy atom.